The number of carbonyl (C=O) groups is 1. The zero-order chi connectivity index (χ0) is 23.7. The van der Waals surface area contributed by atoms with Crippen molar-refractivity contribution in [2.75, 3.05) is 6.54 Å². The number of sulfonamides is 1. The highest BCUT2D eigenvalue weighted by atomic mass is 32.2. The van der Waals surface area contributed by atoms with E-state index in [9.17, 15) is 13.2 Å². The van der Waals surface area contributed by atoms with Gasteiger partial charge in [-0.25, -0.2) is 13.2 Å². The van der Waals surface area contributed by atoms with Crippen molar-refractivity contribution in [1.82, 2.24) is 4.31 Å². The van der Waals surface area contributed by atoms with Crippen LogP contribution in [0.25, 0.3) is 6.08 Å². The highest BCUT2D eigenvalue weighted by Crippen LogP contribution is 2.32. The van der Waals surface area contributed by atoms with Crippen molar-refractivity contribution in [3.05, 3.63) is 70.3 Å². The van der Waals surface area contributed by atoms with Crippen molar-refractivity contribution < 1.29 is 17.9 Å². The molecule has 172 valence electrons. The summed E-state index contributed by atoms with van der Waals surface area (Å²) in [5.74, 6) is -0.114. The minimum Gasteiger partial charge on any atom is -0.457 e. The number of aryl methyl sites for hydroxylation is 1. The maximum Gasteiger partial charge on any atom is 0.331 e. The second kappa shape index (κ2) is 9.20. The molecular weight excluding hydrogens is 422 g/mol. The molecule has 0 fully saturated rings. The van der Waals surface area contributed by atoms with Crippen molar-refractivity contribution in [3.63, 3.8) is 0 Å². The van der Waals surface area contributed by atoms with Gasteiger partial charge in [-0.1, -0.05) is 43.7 Å². The molecule has 2 aromatic rings. The topological polar surface area (TPSA) is 63.7 Å². The summed E-state index contributed by atoms with van der Waals surface area (Å²) in [7, 11) is -3.57. The Labute approximate surface area is 192 Å². The fourth-order valence-electron chi connectivity index (χ4n) is 3.93. The van der Waals surface area contributed by atoms with Gasteiger partial charge < -0.3 is 4.74 Å². The van der Waals surface area contributed by atoms with Gasteiger partial charge in [0, 0.05) is 19.2 Å². The Hall–Kier alpha value is -2.44. The number of benzene rings is 2. The van der Waals surface area contributed by atoms with E-state index in [4.69, 9.17) is 4.74 Å². The van der Waals surface area contributed by atoms with E-state index >= 15 is 0 Å². The fourth-order valence-corrected chi connectivity index (χ4v) is 5.35. The van der Waals surface area contributed by atoms with Crippen molar-refractivity contribution in [3.8, 4) is 0 Å². The molecule has 32 heavy (non-hydrogen) atoms. The van der Waals surface area contributed by atoms with E-state index in [0.717, 1.165) is 27.8 Å². The summed E-state index contributed by atoms with van der Waals surface area (Å²) in [5, 5.41) is 0. The summed E-state index contributed by atoms with van der Waals surface area (Å²) < 4.78 is 33.3. The molecule has 6 heteroatoms. The van der Waals surface area contributed by atoms with Crippen LogP contribution in [0.5, 0.6) is 0 Å². The number of esters is 1. The standard InChI is InChI=1S/C26H33NO4S/c1-18(2)22-12-9-20-17-27(32(29,30)21-10-7-19(3)8-11-21)16-15-23(20)24(22)13-14-25(28)31-26(4,5)6/h7-14,18H,15-17H2,1-6H3/b14-13+. The summed E-state index contributed by atoms with van der Waals surface area (Å²) in [4.78, 5) is 12.6. The molecule has 0 aromatic heterocycles. The van der Waals surface area contributed by atoms with Gasteiger partial charge in [0.05, 0.1) is 4.90 Å². The zero-order valence-corrected chi connectivity index (χ0v) is 20.6. The number of hydrogen-bond donors (Lipinski definition) is 0. The summed E-state index contributed by atoms with van der Waals surface area (Å²) in [6.45, 7) is 12.4. The second-order valence-electron chi connectivity index (χ2n) is 9.63. The summed E-state index contributed by atoms with van der Waals surface area (Å²) >= 11 is 0. The minimum absolute atomic E-state index is 0.271. The van der Waals surface area contributed by atoms with Gasteiger partial charge in [-0.3, -0.25) is 0 Å². The molecule has 1 aliphatic heterocycles. The third-order valence-corrected chi connectivity index (χ3v) is 7.38. The van der Waals surface area contributed by atoms with Crippen LogP contribution in [0.15, 0.2) is 47.4 Å². The molecule has 0 atom stereocenters. The maximum absolute atomic E-state index is 13.2. The smallest absolute Gasteiger partial charge is 0.331 e. The van der Waals surface area contributed by atoms with Crippen LogP contribution in [0, 0.1) is 6.92 Å². The molecule has 0 saturated heterocycles. The largest absolute Gasteiger partial charge is 0.457 e. The predicted octanol–water partition coefficient (Wildman–Crippen LogP) is 5.22. The average Bonchev–Trinajstić information content (AvgIpc) is 2.70. The normalized spacial score (nSPS) is 15.2. The molecule has 5 nitrogen and oxygen atoms in total. The van der Waals surface area contributed by atoms with Gasteiger partial charge >= 0.3 is 5.97 Å². The molecule has 0 radical (unpaired) electrons. The molecule has 0 spiro atoms. The predicted molar refractivity (Wildman–Crippen MR) is 128 cm³/mol. The minimum atomic E-state index is -3.57. The Balaban J connectivity index is 1.93. The van der Waals surface area contributed by atoms with Crippen LogP contribution in [0.3, 0.4) is 0 Å². The first-order valence-electron chi connectivity index (χ1n) is 11.0. The third-order valence-electron chi connectivity index (χ3n) is 5.52. The quantitative estimate of drug-likeness (QED) is 0.458. The van der Waals surface area contributed by atoms with E-state index < -0.39 is 15.6 Å². The lowest BCUT2D eigenvalue weighted by Gasteiger charge is -2.30. The molecular formula is C26H33NO4S. The summed E-state index contributed by atoms with van der Waals surface area (Å²) in [5.41, 5.74) is 4.68. The van der Waals surface area contributed by atoms with E-state index in [1.807, 2.05) is 58.0 Å². The lowest BCUT2D eigenvalue weighted by molar-refractivity contribution is -0.148. The van der Waals surface area contributed by atoms with Crippen LogP contribution in [-0.4, -0.2) is 30.8 Å². The second-order valence-corrected chi connectivity index (χ2v) is 11.6. The van der Waals surface area contributed by atoms with Crippen LogP contribution in [0.2, 0.25) is 0 Å². The number of carbonyl (C=O) groups excluding carboxylic acids is 1. The van der Waals surface area contributed by atoms with E-state index in [-0.39, 0.29) is 11.9 Å². The Morgan fingerprint density at radius 3 is 2.34 bits per heavy atom. The van der Waals surface area contributed by atoms with E-state index in [1.54, 1.807) is 12.1 Å². The van der Waals surface area contributed by atoms with E-state index in [0.29, 0.717) is 24.4 Å². The van der Waals surface area contributed by atoms with Crippen molar-refractivity contribution in [2.24, 2.45) is 0 Å². The molecule has 0 saturated carbocycles. The first kappa shape index (κ1) is 24.2. The molecule has 1 aliphatic rings. The van der Waals surface area contributed by atoms with Gasteiger partial charge in [0.2, 0.25) is 10.0 Å². The number of fused-ring (bicyclic) bond motifs is 1. The van der Waals surface area contributed by atoms with Crippen LogP contribution >= 0.6 is 0 Å². The summed E-state index contributed by atoms with van der Waals surface area (Å²) in [6, 6.07) is 11.0. The third kappa shape index (κ3) is 5.48. The van der Waals surface area contributed by atoms with Crippen molar-refractivity contribution in [2.45, 2.75) is 70.9 Å². The fraction of sp³-hybridized carbons (Fsp3) is 0.423. The van der Waals surface area contributed by atoms with Crippen molar-refractivity contribution >= 4 is 22.1 Å². The monoisotopic (exact) mass is 455 g/mol. The van der Waals surface area contributed by atoms with Gasteiger partial charge in [0.1, 0.15) is 5.60 Å². The Kier molecular flexibility index (Phi) is 6.96. The SMILES string of the molecule is Cc1ccc(S(=O)(=O)N2CCc3c(ccc(C(C)C)c3/C=C/C(=O)OC(C)(C)C)C2)cc1. The first-order valence-corrected chi connectivity index (χ1v) is 12.4. The zero-order valence-electron chi connectivity index (χ0n) is 19.8. The van der Waals surface area contributed by atoms with Gasteiger partial charge in [-0.05, 0) is 80.5 Å². The Morgan fingerprint density at radius 1 is 1.09 bits per heavy atom. The van der Waals surface area contributed by atoms with Crippen LogP contribution in [-0.2, 0) is 32.5 Å². The van der Waals surface area contributed by atoms with Crippen molar-refractivity contribution in [1.29, 1.82) is 0 Å². The molecule has 0 aliphatic carbocycles. The number of nitrogens with zero attached hydrogens (tertiary/aromatic N) is 1. The first-order chi connectivity index (χ1) is 14.9. The van der Waals surface area contributed by atoms with Gasteiger partial charge in [-0.2, -0.15) is 4.31 Å². The Bertz CT molecular complexity index is 1120. The molecule has 2 aromatic carbocycles. The molecule has 0 bridgehead atoms. The highest BCUT2D eigenvalue weighted by molar-refractivity contribution is 7.89. The lowest BCUT2D eigenvalue weighted by Crippen LogP contribution is -2.36. The van der Waals surface area contributed by atoms with E-state index in [2.05, 4.69) is 13.8 Å². The summed E-state index contributed by atoms with van der Waals surface area (Å²) in [6.07, 6.45) is 3.89. The van der Waals surface area contributed by atoms with Crippen LogP contribution < -0.4 is 0 Å². The van der Waals surface area contributed by atoms with Crippen LogP contribution in [0.4, 0.5) is 0 Å². The van der Waals surface area contributed by atoms with E-state index in [1.165, 1.54) is 10.4 Å². The average molecular weight is 456 g/mol. The van der Waals surface area contributed by atoms with Gasteiger partial charge in [0.25, 0.3) is 0 Å². The molecule has 3 rings (SSSR count). The van der Waals surface area contributed by atoms with Gasteiger partial charge in [0.15, 0.2) is 0 Å². The van der Waals surface area contributed by atoms with Gasteiger partial charge in [-0.15, -0.1) is 0 Å². The molecule has 1 heterocycles. The molecule has 0 N–H and O–H groups in total. The number of hydrogen-bond acceptors (Lipinski definition) is 4. The Morgan fingerprint density at radius 2 is 1.75 bits per heavy atom. The maximum atomic E-state index is 13.2. The highest BCUT2D eigenvalue weighted by Gasteiger charge is 2.30. The molecule has 0 amide bonds. The van der Waals surface area contributed by atoms with Crippen LogP contribution in [0.1, 0.15) is 68.4 Å². The number of rotatable bonds is 5. The molecule has 0 unspecified atom stereocenters. The lowest BCUT2D eigenvalue weighted by atomic mass is 9.87. The number of ether oxygens (including phenoxy) is 1.